The van der Waals surface area contributed by atoms with Gasteiger partial charge in [-0.2, -0.15) is 0 Å². The molecule has 0 aliphatic heterocycles. The lowest BCUT2D eigenvalue weighted by Gasteiger charge is -2.21. The van der Waals surface area contributed by atoms with Crippen molar-refractivity contribution in [1.29, 1.82) is 0 Å². The highest BCUT2D eigenvalue weighted by atomic mass is 16.5. The number of hydrogen-bond acceptors (Lipinski definition) is 3. The van der Waals surface area contributed by atoms with Crippen LogP contribution >= 0.6 is 0 Å². The van der Waals surface area contributed by atoms with E-state index in [2.05, 4.69) is 42.6 Å². The third-order valence-electron chi connectivity index (χ3n) is 3.85. The van der Waals surface area contributed by atoms with Crippen molar-refractivity contribution in [1.82, 2.24) is 5.32 Å². The second-order valence-electron chi connectivity index (χ2n) is 5.08. The molecular formula is C18H23NO2. The molecule has 112 valence electrons. The average Bonchev–Trinajstić information content (AvgIpc) is 2.53. The largest absolute Gasteiger partial charge is 0.497 e. The van der Waals surface area contributed by atoms with Gasteiger partial charge in [-0.05, 0) is 37.6 Å². The summed E-state index contributed by atoms with van der Waals surface area (Å²) in [6.45, 7) is 2.15. The molecule has 3 heteroatoms. The average molecular weight is 285 g/mol. The van der Waals surface area contributed by atoms with Gasteiger partial charge in [-0.25, -0.2) is 0 Å². The third-order valence-corrected chi connectivity index (χ3v) is 3.85. The van der Waals surface area contributed by atoms with Crippen LogP contribution in [0, 0.1) is 6.92 Å². The summed E-state index contributed by atoms with van der Waals surface area (Å²) in [5, 5.41) is 3.39. The molecule has 0 spiro atoms. The lowest BCUT2D eigenvalue weighted by molar-refractivity contribution is 0.385. The monoisotopic (exact) mass is 285 g/mol. The summed E-state index contributed by atoms with van der Waals surface area (Å²) < 4.78 is 10.8. The fourth-order valence-corrected chi connectivity index (χ4v) is 2.53. The van der Waals surface area contributed by atoms with Crippen molar-refractivity contribution in [3.05, 3.63) is 59.2 Å². The van der Waals surface area contributed by atoms with Crippen LogP contribution in [0.4, 0.5) is 0 Å². The van der Waals surface area contributed by atoms with Gasteiger partial charge in [0.25, 0.3) is 0 Å². The maximum Gasteiger partial charge on any atom is 0.127 e. The van der Waals surface area contributed by atoms with Crippen LogP contribution in [0.2, 0.25) is 0 Å². The van der Waals surface area contributed by atoms with E-state index in [0.29, 0.717) is 0 Å². The van der Waals surface area contributed by atoms with Crippen LogP contribution < -0.4 is 14.8 Å². The zero-order valence-electron chi connectivity index (χ0n) is 13.1. The minimum Gasteiger partial charge on any atom is -0.497 e. The number of nitrogens with one attached hydrogen (secondary N) is 1. The molecule has 2 aromatic carbocycles. The van der Waals surface area contributed by atoms with E-state index in [1.807, 2.05) is 19.2 Å². The van der Waals surface area contributed by atoms with Crippen molar-refractivity contribution in [2.75, 3.05) is 21.3 Å². The highest BCUT2D eigenvalue weighted by Crippen LogP contribution is 2.31. The Bertz CT molecular complexity index is 596. The van der Waals surface area contributed by atoms with Crippen molar-refractivity contribution < 1.29 is 9.47 Å². The highest BCUT2D eigenvalue weighted by molar-refractivity contribution is 5.43. The minimum absolute atomic E-state index is 0.201. The highest BCUT2D eigenvalue weighted by Gasteiger charge is 2.16. The molecule has 0 saturated heterocycles. The first-order valence-electron chi connectivity index (χ1n) is 7.13. The minimum atomic E-state index is 0.201. The number of likely N-dealkylation sites (N-methyl/N-ethyl adjacent to an activating group) is 1. The first-order valence-corrected chi connectivity index (χ1v) is 7.13. The molecule has 1 atom stereocenters. The van der Waals surface area contributed by atoms with Gasteiger partial charge in [0.2, 0.25) is 0 Å². The Morgan fingerprint density at radius 3 is 2.43 bits per heavy atom. The normalized spacial score (nSPS) is 12.0. The summed E-state index contributed by atoms with van der Waals surface area (Å²) in [6.07, 6.45) is 0.922. The lowest BCUT2D eigenvalue weighted by Crippen LogP contribution is -2.20. The summed E-state index contributed by atoms with van der Waals surface area (Å²) in [7, 11) is 5.34. The van der Waals surface area contributed by atoms with Crippen molar-refractivity contribution in [2.45, 2.75) is 19.4 Å². The zero-order valence-corrected chi connectivity index (χ0v) is 13.1. The molecule has 3 nitrogen and oxygen atoms in total. The number of methoxy groups -OCH3 is 2. The van der Waals surface area contributed by atoms with Gasteiger partial charge >= 0.3 is 0 Å². The van der Waals surface area contributed by atoms with Gasteiger partial charge in [-0.15, -0.1) is 0 Å². The standard InChI is InChI=1S/C18H23NO2/c1-13-7-5-6-8-14(13)11-17(19-2)16-10-9-15(20-3)12-18(16)21-4/h5-10,12,17,19H,11H2,1-4H3. The first-order chi connectivity index (χ1) is 10.2. The van der Waals surface area contributed by atoms with Crippen molar-refractivity contribution in [2.24, 2.45) is 0 Å². The van der Waals surface area contributed by atoms with E-state index in [1.165, 1.54) is 11.1 Å². The summed E-state index contributed by atoms with van der Waals surface area (Å²) in [5.41, 5.74) is 3.80. The predicted molar refractivity (Wildman–Crippen MR) is 86.2 cm³/mol. The molecule has 0 aliphatic carbocycles. The molecule has 0 amide bonds. The maximum atomic E-state index is 5.52. The van der Waals surface area contributed by atoms with Gasteiger partial charge in [0, 0.05) is 17.7 Å². The molecule has 2 aromatic rings. The van der Waals surface area contributed by atoms with E-state index < -0.39 is 0 Å². The smallest absolute Gasteiger partial charge is 0.127 e. The van der Waals surface area contributed by atoms with Crippen molar-refractivity contribution in [3.8, 4) is 11.5 Å². The van der Waals surface area contributed by atoms with Crippen LogP contribution in [0.15, 0.2) is 42.5 Å². The Morgan fingerprint density at radius 2 is 1.81 bits per heavy atom. The fourth-order valence-electron chi connectivity index (χ4n) is 2.53. The molecule has 0 saturated carbocycles. The summed E-state index contributed by atoms with van der Waals surface area (Å²) in [5.74, 6) is 1.66. The van der Waals surface area contributed by atoms with Gasteiger partial charge < -0.3 is 14.8 Å². The van der Waals surface area contributed by atoms with Crippen LogP contribution in [0.1, 0.15) is 22.7 Å². The van der Waals surface area contributed by atoms with Crippen LogP contribution in [0.3, 0.4) is 0 Å². The van der Waals surface area contributed by atoms with Crippen LogP contribution in [0.5, 0.6) is 11.5 Å². The predicted octanol–water partition coefficient (Wildman–Crippen LogP) is 3.52. The molecule has 0 aliphatic rings. The Morgan fingerprint density at radius 1 is 1.05 bits per heavy atom. The molecule has 0 radical (unpaired) electrons. The van der Waals surface area contributed by atoms with E-state index in [1.54, 1.807) is 14.2 Å². The van der Waals surface area contributed by atoms with Crippen molar-refractivity contribution >= 4 is 0 Å². The van der Waals surface area contributed by atoms with Gasteiger partial charge in [0.1, 0.15) is 11.5 Å². The molecule has 2 rings (SSSR count). The van der Waals surface area contributed by atoms with E-state index >= 15 is 0 Å². The lowest BCUT2D eigenvalue weighted by atomic mass is 9.95. The molecule has 0 aromatic heterocycles. The Balaban J connectivity index is 2.31. The van der Waals surface area contributed by atoms with E-state index in [0.717, 1.165) is 23.5 Å². The number of rotatable bonds is 6. The van der Waals surface area contributed by atoms with Gasteiger partial charge in [-0.1, -0.05) is 30.3 Å². The molecular weight excluding hydrogens is 262 g/mol. The summed E-state index contributed by atoms with van der Waals surface area (Å²) in [6, 6.07) is 14.6. The van der Waals surface area contributed by atoms with Crippen molar-refractivity contribution in [3.63, 3.8) is 0 Å². The number of ether oxygens (including phenoxy) is 2. The molecule has 0 fully saturated rings. The van der Waals surface area contributed by atoms with E-state index in [9.17, 15) is 0 Å². The number of aryl methyl sites for hydroxylation is 1. The SMILES string of the molecule is CNC(Cc1ccccc1C)c1ccc(OC)cc1OC. The summed E-state index contributed by atoms with van der Waals surface area (Å²) in [4.78, 5) is 0. The van der Waals surface area contributed by atoms with Gasteiger partial charge in [-0.3, -0.25) is 0 Å². The molecule has 0 bridgehead atoms. The summed E-state index contributed by atoms with van der Waals surface area (Å²) >= 11 is 0. The Kier molecular flexibility index (Phi) is 5.23. The second-order valence-corrected chi connectivity index (χ2v) is 5.08. The molecule has 0 heterocycles. The number of benzene rings is 2. The molecule has 1 N–H and O–H groups in total. The zero-order chi connectivity index (χ0) is 15.2. The van der Waals surface area contributed by atoms with Gasteiger partial charge in [0.05, 0.1) is 14.2 Å². The quantitative estimate of drug-likeness (QED) is 0.881. The van der Waals surface area contributed by atoms with Crippen LogP contribution in [-0.4, -0.2) is 21.3 Å². The second kappa shape index (κ2) is 7.14. The van der Waals surface area contributed by atoms with Crippen LogP contribution in [-0.2, 0) is 6.42 Å². The van der Waals surface area contributed by atoms with Gasteiger partial charge in [0.15, 0.2) is 0 Å². The number of hydrogen-bond donors (Lipinski definition) is 1. The third kappa shape index (κ3) is 3.56. The topological polar surface area (TPSA) is 30.5 Å². The molecule has 1 unspecified atom stereocenters. The van der Waals surface area contributed by atoms with Crippen LogP contribution in [0.25, 0.3) is 0 Å². The first kappa shape index (κ1) is 15.4. The van der Waals surface area contributed by atoms with E-state index in [4.69, 9.17) is 9.47 Å². The molecule has 21 heavy (non-hydrogen) atoms. The maximum absolute atomic E-state index is 5.52. The Hall–Kier alpha value is -2.00. The fraction of sp³-hybridized carbons (Fsp3) is 0.333. The Labute approximate surface area is 126 Å². The van der Waals surface area contributed by atoms with E-state index in [-0.39, 0.29) is 6.04 Å².